The van der Waals surface area contributed by atoms with Gasteiger partial charge in [-0.05, 0) is 54.8 Å². The second-order valence-electron chi connectivity index (χ2n) is 8.00. The molecule has 2 N–H and O–H groups in total. The third-order valence-corrected chi connectivity index (χ3v) is 5.49. The average Bonchev–Trinajstić information content (AvgIpc) is 2.86. The van der Waals surface area contributed by atoms with Crippen molar-refractivity contribution in [1.82, 2.24) is 14.9 Å². The SMILES string of the molecule is CCOC(=O)Cn1cc(NC(=O)c2cccc(-c3cncc4cc(CNC)ccc34)c2)ccc1=O. The van der Waals surface area contributed by atoms with E-state index in [2.05, 4.69) is 33.8 Å². The van der Waals surface area contributed by atoms with Crippen LogP contribution in [-0.2, 0) is 22.6 Å². The van der Waals surface area contributed by atoms with Crippen molar-refractivity contribution in [2.45, 2.75) is 20.0 Å². The van der Waals surface area contributed by atoms with Crippen LogP contribution in [0.1, 0.15) is 22.8 Å². The Bertz CT molecular complexity index is 1440. The molecule has 178 valence electrons. The van der Waals surface area contributed by atoms with Crippen molar-refractivity contribution in [3.05, 3.63) is 94.7 Å². The molecular formula is C27H26N4O4. The van der Waals surface area contributed by atoms with E-state index in [1.807, 2.05) is 31.4 Å². The number of benzene rings is 2. The summed E-state index contributed by atoms with van der Waals surface area (Å²) in [5.74, 6) is -0.856. The minimum absolute atomic E-state index is 0.226. The highest BCUT2D eigenvalue weighted by Gasteiger charge is 2.12. The molecular weight excluding hydrogens is 444 g/mol. The predicted octanol–water partition coefficient (Wildman–Crippen LogP) is 3.60. The van der Waals surface area contributed by atoms with Gasteiger partial charge in [-0.15, -0.1) is 0 Å². The average molecular weight is 471 g/mol. The number of ether oxygens (including phenoxy) is 1. The maximum atomic E-state index is 13.0. The van der Waals surface area contributed by atoms with Crippen LogP contribution < -0.4 is 16.2 Å². The molecule has 0 saturated heterocycles. The van der Waals surface area contributed by atoms with Crippen LogP contribution in [0.15, 0.2) is 78.0 Å². The minimum Gasteiger partial charge on any atom is -0.465 e. The topological polar surface area (TPSA) is 102 Å². The lowest BCUT2D eigenvalue weighted by Gasteiger charge is -2.11. The molecule has 4 rings (SSSR count). The Hall–Kier alpha value is -4.30. The van der Waals surface area contributed by atoms with Crippen LogP contribution in [-0.4, -0.2) is 35.1 Å². The zero-order valence-corrected chi connectivity index (χ0v) is 19.6. The first kappa shape index (κ1) is 23.8. The van der Waals surface area contributed by atoms with Gasteiger partial charge in [0.1, 0.15) is 6.54 Å². The molecule has 8 heteroatoms. The first-order chi connectivity index (χ1) is 17.0. The van der Waals surface area contributed by atoms with Crippen molar-refractivity contribution in [2.75, 3.05) is 19.0 Å². The number of pyridine rings is 2. The number of nitrogens with one attached hydrogen (secondary N) is 2. The van der Waals surface area contributed by atoms with Gasteiger partial charge >= 0.3 is 5.97 Å². The molecule has 0 aliphatic heterocycles. The number of hydrogen-bond acceptors (Lipinski definition) is 6. The number of aromatic nitrogens is 2. The fraction of sp³-hybridized carbons (Fsp3) is 0.185. The fourth-order valence-electron chi connectivity index (χ4n) is 3.88. The zero-order chi connectivity index (χ0) is 24.8. The molecule has 8 nitrogen and oxygen atoms in total. The lowest BCUT2D eigenvalue weighted by Crippen LogP contribution is -2.25. The molecule has 2 aromatic heterocycles. The molecule has 0 bridgehead atoms. The van der Waals surface area contributed by atoms with Crippen LogP contribution in [0.2, 0.25) is 0 Å². The van der Waals surface area contributed by atoms with Crippen LogP contribution >= 0.6 is 0 Å². The largest absolute Gasteiger partial charge is 0.465 e. The van der Waals surface area contributed by atoms with Crippen LogP contribution in [0.3, 0.4) is 0 Å². The van der Waals surface area contributed by atoms with Crippen LogP contribution in [0.5, 0.6) is 0 Å². The van der Waals surface area contributed by atoms with Gasteiger partial charge in [0.25, 0.3) is 11.5 Å². The Labute approximate surface area is 202 Å². The number of hydrogen-bond donors (Lipinski definition) is 2. The van der Waals surface area contributed by atoms with Crippen LogP contribution in [0, 0.1) is 0 Å². The molecule has 0 saturated carbocycles. The van der Waals surface area contributed by atoms with Gasteiger partial charge in [0.2, 0.25) is 0 Å². The van der Waals surface area contributed by atoms with Crippen molar-refractivity contribution in [3.63, 3.8) is 0 Å². The number of esters is 1. The van der Waals surface area contributed by atoms with E-state index in [1.165, 1.54) is 22.9 Å². The maximum absolute atomic E-state index is 13.0. The highest BCUT2D eigenvalue weighted by Crippen LogP contribution is 2.29. The molecule has 0 aliphatic carbocycles. The van der Waals surface area contributed by atoms with E-state index in [-0.39, 0.29) is 24.6 Å². The Morgan fingerprint density at radius 2 is 1.91 bits per heavy atom. The third kappa shape index (κ3) is 5.62. The molecule has 0 unspecified atom stereocenters. The number of amides is 1. The van der Waals surface area contributed by atoms with Crippen LogP contribution in [0.4, 0.5) is 5.69 Å². The van der Waals surface area contributed by atoms with Gasteiger partial charge in [0.15, 0.2) is 0 Å². The molecule has 0 fully saturated rings. The first-order valence-corrected chi connectivity index (χ1v) is 11.3. The smallest absolute Gasteiger partial charge is 0.326 e. The second-order valence-corrected chi connectivity index (χ2v) is 8.00. The van der Waals surface area contributed by atoms with E-state index >= 15 is 0 Å². The van der Waals surface area contributed by atoms with Crippen molar-refractivity contribution in [2.24, 2.45) is 0 Å². The molecule has 2 heterocycles. The molecule has 0 aliphatic rings. The van der Waals surface area contributed by atoms with E-state index in [4.69, 9.17) is 4.74 Å². The highest BCUT2D eigenvalue weighted by atomic mass is 16.5. The molecule has 4 aromatic rings. The summed E-state index contributed by atoms with van der Waals surface area (Å²) in [6.07, 6.45) is 5.06. The fourth-order valence-corrected chi connectivity index (χ4v) is 3.88. The Kier molecular flexibility index (Phi) is 7.32. The molecule has 1 amide bonds. The Morgan fingerprint density at radius 3 is 2.71 bits per heavy atom. The monoisotopic (exact) mass is 470 g/mol. The van der Waals surface area contributed by atoms with Gasteiger partial charge in [-0.2, -0.15) is 0 Å². The second kappa shape index (κ2) is 10.8. The standard InChI is InChI=1S/C27H26N4O4/c1-3-35-26(33)17-31-16-22(8-10-25(31)32)30-27(34)20-6-4-5-19(12-20)24-15-29-14-21-11-18(13-28-2)7-9-23(21)24/h4-12,14-16,28H,3,13,17H2,1-2H3,(H,30,34). The van der Waals surface area contributed by atoms with Crippen molar-refractivity contribution >= 4 is 28.3 Å². The van der Waals surface area contributed by atoms with Gasteiger partial charge in [-0.25, -0.2) is 0 Å². The summed E-state index contributed by atoms with van der Waals surface area (Å²) >= 11 is 0. The van der Waals surface area contributed by atoms with Crippen LogP contribution in [0.25, 0.3) is 21.9 Å². The van der Waals surface area contributed by atoms with Gasteiger partial charge in [0, 0.05) is 47.7 Å². The number of fused-ring (bicyclic) bond motifs is 1. The molecule has 0 spiro atoms. The summed E-state index contributed by atoms with van der Waals surface area (Å²) in [5.41, 5.74) is 3.44. The van der Waals surface area contributed by atoms with Gasteiger partial charge < -0.3 is 19.9 Å². The summed E-state index contributed by atoms with van der Waals surface area (Å²) in [6, 6.07) is 16.3. The zero-order valence-electron chi connectivity index (χ0n) is 19.6. The lowest BCUT2D eigenvalue weighted by molar-refractivity contribution is -0.143. The van der Waals surface area contributed by atoms with E-state index in [0.29, 0.717) is 11.3 Å². The number of nitrogens with zero attached hydrogens (tertiary/aromatic N) is 2. The Morgan fingerprint density at radius 1 is 1.06 bits per heavy atom. The summed E-state index contributed by atoms with van der Waals surface area (Å²) in [7, 11) is 1.91. The molecule has 0 atom stereocenters. The van der Waals surface area contributed by atoms with Gasteiger partial charge in [-0.3, -0.25) is 19.4 Å². The quantitative estimate of drug-likeness (QED) is 0.382. The van der Waals surface area contributed by atoms with Crippen molar-refractivity contribution in [1.29, 1.82) is 0 Å². The van der Waals surface area contributed by atoms with E-state index in [0.717, 1.165) is 34.0 Å². The summed E-state index contributed by atoms with van der Waals surface area (Å²) in [5, 5.41) is 8.01. The summed E-state index contributed by atoms with van der Waals surface area (Å²) in [4.78, 5) is 41.2. The van der Waals surface area contributed by atoms with E-state index in [1.54, 1.807) is 19.2 Å². The van der Waals surface area contributed by atoms with E-state index in [9.17, 15) is 14.4 Å². The van der Waals surface area contributed by atoms with Crippen molar-refractivity contribution in [3.8, 4) is 11.1 Å². The van der Waals surface area contributed by atoms with Crippen molar-refractivity contribution < 1.29 is 14.3 Å². The normalized spacial score (nSPS) is 10.8. The molecule has 0 radical (unpaired) electrons. The summed E-state index contributed by atoms with van der Waals surface area (Å²) in [6.45, 7) is 2.46. The predicted molar refractivity (Wildman–Crippen MR) is 135 cm³/mol. The maximum Gasteiger partial charge on any atom is 0.326 e. The van der Waals surface area contributed by atoms with E-state index < -0.39 is 5.97 Å². The van der Waals surface area contributed by atoms with Gasteiger partial charge in [-0.1, -0.05) is 24.3 Å². The number of anilines is 1. The number of rotatable bonds is 8. The Balaban J connectivity index is 1.59. The van der Waals surface area contributed by atoms with Gasteiger partial charge in [0.05, 0.1) is 12.3 Å². The lowest BCUT2D eigenvalue weighted by atomic mass is 9.98. The molecule has 35 heavy (non-hydrogen) atoms. The highest BCUT2D eigenvalue weighted by molar-refractivity contribution is 6.05. The minimum atomic E-state index is -0.521. The number of carbonyl (C=O) groups excluding carboxylic acids is 2. The molecule has 2 aromatic carbocycles. The summed E-state index contributed by atoms with van der Waals surface area (Å²) < 4.78 is 6.10. The first-order valence-electron chi connectivity index (χ1n) is 11.3. The number of carbonyl (C=O) groups is 2. The third-order valence-electron chi connectivity index (χ3n) is 5.49.